The Bertz CT molecular complexity index is 584. The number of carbonyl (C=O) groups excluding carboxylic acids is 1. The summed E-state index contributed by atoms with van der Waals surface area (Å²) in [7, 11) is 0. The van der Waals surface area contributed by atoms with Crippen LogP contribution in [0.15, 0.2) is 4.99 Å². The lowest BCUT2D eigenvalue weighted by Gasteiger charge is -2.19. The van der Waals surface area contributed by atoms with Crippen LogP contribution in [0.3, 0.4) is 0 Å². The topological polar surface area (TPSA) is 87.6 Å². The Morgan fingerprint density at radius 3 is 2.38 bits per heavy atom. The van der Waals surface area contributed by atoms with Crippen LogP contribution in [0.5, 0.6) is 0 Å². The van der Waals surface area contributed by atoms with Crippen molar-refractivity contribution in [2.45, 2.75) is 60.1 Å². The van der Waals surface area contributed by atoms with Crippen molar-refractivity contribution >= 4 is 47.4 Å². The van der Waals surface area contributed by atoms with Gasteiger partial charge in [0.15, 0.2) is 5.96 Å². The number of nitrogens with zero attached hydrogens (tertiary/aromatic N) is 2. The molecule has 1 aromatic heterocycles. The molecule has 1 aromatic rings. The zero-order valence-corrected chi connectivity index (χ0v) is 19.7. The number of aliphatic imine (C=N–C) groups is 1. The van der Waals surface area contributed by atoms with E-state index in [1.807, 2.05) is 41.5 Å². The molecule has 0 aromatic carbocycles. The average molecular weight is 497 g/mol. The smallest absolute Gasteiger partial charge is 0.407 e. The number of halogens is 1. The van der Waals surface area contributed by atoms with Gasteiger partial charge in [0.05, 0.1) is 17.2 Å². The molecule has 0 saturated heterocycles. The minimum atomic E-state index is -0.472. The van der Waals surface area contributed by atoms with Crippen LogP contribution < -0.4 is 16.0 Å². The number of amides is 1. The molecule has 0 bridgehead atoms. The Labute approximate surface area is 177 Å². The maximum absolute atomic E-state index is 11.6. The van der Waals surface area contributed by atoms with E-state index >= 15 is 0 Å². The van der Waals surface area contributed by atoms with Gasteiger partial charge in [-0.1, -0.05) is 0 Å². The van der Waals surface area contributed by atoms with Crippen LogP contribution in [-0.4, -0.2) is 42.3 Å². The molecule has 0 aliphatic carbocycles. The molecule has 7 nitrogen and oxygen atoms in total. The van der Waals surface area contributed by atoms with Crippen molar-refractivity contribution < 1.29 is 9.53 Å². The SMILES string of the molecule is CCNC(=NCc1sc(C)nc1C)NCCCNC(=O)OC(C)(C)C.I. The van der Waals surface area contributed by atoms with E-state index in [2.05, 4.69) is 25.9 Å². The van der Waals surface area contributed by atoms with Gasteiger partial charge in [0, 0.05) is 24.5 Å². The molecule has 1 rings (SSSR count). The van der Waals surface area contributed by atoms with Gasteiger partial charge in [0.2, 0.25) is 0 Å². The number of nitrogens with one attached hydrogen (secondary N) is 3. The molecule has 26 heavy (non-hydrogen) atoms. The van der Waals surface area contributed by atoms with Crippen LogP contribution in [0.25, 0.3) is 0 Å². The molecule has 1 heterocycles. The molecule has 0 atom stereocenters. The summed E-state index contributed by atoms with van der Waals surface area (Å²) in [4.78, 5) is 21.8. The maximum Gasteiger partial charge on any atom is 0.407 e. The van der Waals surface area contributed by atoms with Crippen molar-refractivity contribution in [2.24, 2.45) is 4.99 Å². The number of thiazole rings is 1. The summed E-state index contributed by atoms with van der Waals surface area (Å²) in [5.74, 6) is 0.769. The van der Waals surface area contributed by atoms with Crippen molar-refractivity contribution in [3.63, 3.8) is 0 Å². The normalized spacial score (nSPS) is 11.5. The van der Waals surface area contributed by atoms with Crippen LogP contribution in [0.2, 0.25) is 0 Å². The van der Waals surface area contributed by atoms with Crippen molar-refractivity contribution in [3.8, 4) is 0 Å². The number of aryl methyl sites for hydroxylation is 2. The van der Waals surface area contributed by atoms with Crippen molar-refractivity contribution in [1.82, 2.24) is 20.9 Å². The average Bonchev–Trinajstić information content (AvgIpc) is 2.80. The Kier molecular flexibility index (Phi) is 11.8. The van der Waals surface area contributed by atoms with E-state index in [4.69, 9.17) is 4.74 Å². The van der Waals surface area contributed by atoms with Gasteiger partial charge in [-0.2, -0.15) is 0 Å². The number of hydrogen-bond donors (Lipinski definition) is 3. The first-order chi connectivity index (χ1) is 11.7. The third kappa shape index (κ3) is 10.8. The van der Waals surface area contributed by atoms with E-state index in [-0.39, 0.29) is 30.1 Å². The van der Waals surface area contributed by atoms with Gasteiger partial charge in [0.1, 0.15) is 5.60 Å². The van der Waals surface area contributed by atoms with Crippen LogP contribution >= 0.6 is 35.3 Å². The van der Waals surface area contributed by atoms with Gasteiger partial charge in [-0.15, -0.1) is 35.3 Å². The fourth-order valence-corrected chi connectivity index (χ4v) is 2.87. The highest BCUT2D eigenvalue weighted by atomic mass is 127. The molecule has 0 aliphatic heterocycles. The Morgan fingerprint density at radius 2 is 1.85 bits per heavy atom. The molecule has 0 radical (unpaired) electrons. The first-order valence-corrected chi connectivity index (χ1v) is 9.45. The van der Waals surface area contributed by atoms with Gasteiger partial charge < -0.3 is 20.7 Å². The van der Waals surface area contributed by atoms with Gasteiger partial charge in [0.25, 0.3) is 0 Å². The van der Waals surface area contributed by atoms with E-state index in [1.165, 1.54) is 4.88 Å². The van der Waals surface area contributed by atoms with E-state index < -0.39 is 5.60 Å². The fourth-order valence-electron chi connectivity index (χ4n) is 2.01. The number of aromatic nitrogens is 1. The van der Waals surface area contributed by atoms with E-state index in [1.54, 1.807) is 11.3 Å². The zero-order chi connectivity index (χ0) is 18.9. The molecule has 0 spiro atoms. The van der Waals surface area contributed by atoms with Gasteiger partial charge in [-0.25, -0.2) is 14.8 Å². The second-order valence-electron chi connectivity index (χ2n) is 6.65. The van der Waals surface area contributed by atoms with Crippen LogP contribution in [0.4, 0.5) is 4.79 Å². The number of carbonyl (C=O) groups is 1. The number of ether oxygens (including phenoxy) is 1. The molecular weight excluding hydrogens is 465 g/mol. The summed E-state index contributed by atoms with van der Waals surface area (Å²) in [5.41, 5.74) is 0.573. The van der Waals surface area contributed by atoms with Gasteiger partial charge in [-0.3, -0.25) is 0 Å². The Balaban J connectivity index is 0.00000625. The first-order valence-electron chi connectivity index (χ1n) is 8.63. The number of alkyl carbamates (subject to hydrolysis) is 1. The summed E-state index contributed by atoms with van der Waals surface area (Å²) < 4.78 is 5.19. The largest absolute Gasteiger partial charge is 0.444 e. The molecule has 1 amide bonds. The van der Waals surface area contributed by atoms with E-state index in [0.717, 1.165) is 29.6 Å². The zero-order valence-electron chi connectivity index (χ0n) is 16.6. The maximum atomic E-state index is 11.6. The molecular formula is C17H32IN5O2S. The van der Waals surface area contributed by atoms with E-state index in [9.17, 15) is 4.79 Å². The van der Waals surface area contributed by atoms with Crippen molar-refractivity contribution in [2.75, 3.05) is 19.6 Å². The summed E-state index contributed by atoms with van der Waals surface area (Å²) in [6.45, 7) is 14.3. The number of rotatable bonds is 7. The van der Waals surface area contributed by atoms with Crippen molar-refractivity contribution in [1.29, 1.82) is 0 Å². The lowest BCUT2D eigenvalue weighted by molar-refractivity contribution is 0.0527. The van der Waals surface area contributed by atoms with Crippen molar-refractivity contribution in [3.05, 3.63) is 15.6 Å². The molecule has 3 N–H and O–H groups in total. The summed E-state index contributed by atoms with van der Waals surface area (Å²) in [6.07, 6.45) is 0.395. The minimum Gasteiger partial charge on any atom is -0.444 e. The summed E-state index contributed by atoms with van der Waals surface area (Å²) in [6, 6.07) is 0. The predicted octanol–water partition coefficient (Wildman–Crippen LogP) is 3.35. The lowest BCUT2D eigenvalue weighted by atomic mass is 10.2. The molecule has 0 aliphatic rings. The predicted molar refractivity (Wildman–Crippen MR) is 119 cm³/mol. The van der Waals surface area contributed by atoms with E-state index in [0.29, 0.717) is 19.6 Å². The highest BCUT2D eigenvalue weighted by Crippen LogP contribution is 2.17. The number of guanidine groups is 1. The molecule has 0 saturated carbocycles. The Hall–Kier alpha value is -1.10. The first kappa shape index (κ1) is 24.9. The Morgan fingerprint density at radius 1 is 1.19 bits per heavy atom. The standard InChI is InChI=1S/C17H31N5O2S.HI/c1-7-18-15(21-11-14-12(2)22-13(3)25-14)19-9-8-10-20-16(23)24-17(4,5)6;/h7-11H2,1-6H3,(H,20,23)(H2,18,19,21);1H. The van der Waals surface area contributed by atoms with Gasteiger partial charge >= 0.3 is 6.09 Å². The third-order valence-electron chi connectivity index (χ3n) is 3.04. The molecule has 0 fully saturated rings. The molecule has 0 unspecified atom stereocenters. The summed E-state index contributed by atoms with van der Waals surface area (Å²) >= 11 is 1.68. The highest BCUT2D eigenvalue weighted by Gasteiger charge is 2.15. The van der Waals surface area contributed by atoms with Crippen LogP contribution in [0.1, 0.15) is 49.7 Å². The minimum absolute atomic E-state index is 0. The van der Waals surface area contributed by atoms with Crippen LogP contribution in [-0.2, 0) is 11.3 Å². The summed E-state index contributed by atoms with van der Waals surface area (Å²) in [5, 5.41) is 10.3. The monoisotopic (exact) mass is 497 g/mol. The fraction of sp³-hybridized carbons (Fsp3) is 0.706. The molecule has 150 valence electrons. The third-order valence-corrected chi connectivity index (χ3v) is 4.10. The van der Waals surface area contributed by atoms with Gasteiger partial charge in [-0.05, 0) is 48.0 Å². The molecule has 9 heteroatoms. The lowest BCUT2D eigenvalue weighted by Crippen LogP contribution is -2.39. The van der Waals surface area contributed by atoms with Crippen LogP contribution in [0, 0.1) is 13.8 Å². The second-order valence-corrected chi connectivity index (χ2v) is 7.93. The highest BCUT2D eigenvalue weighted by molar-refractivity contribution is 14.0. The number of hydrogen-bond acceptors (Lipinski definition) is 5. The quantitative estimate of drug-likeness (QED) is 0.233. The second kappa shape index (κ2) is 12.3.